The van der Waals surface area contributed by atoms with E-state index < -0.39 is 0 Å². The molecular weight excluding hydrogens is 342 g/mol. The largest absolute Gasteiger partial charge is 0.359 e. The summed E-state index contributed by atoms with van der Waals surface area (Å²) in [4.78, 5) is 38.7. The van der Waals surface area contributed by atoms with Crippen molar-refractivity contribution in [3.8, 4) is 0 Å². The van der Waals surface area contributed by atoms with Crippen molar-refractivity contribution in [2.45, 2.75) is 12.8 Å². The number of amides is 3. The fourth-order valence-electron chi connectivity index (χ4n) is 3.29. The van der Waals surface area contributed by atoms with Crippen LogP contribution in [-0.4, -0.2) is 42.8 Å². The minimum absolute atomic E-state index is 0.0311. The van der Waals surface area contributed by atoms with E-state index in [0.717, 1.165) is 12.8 Å². The molecule has 27 heavy (non-hydrogen) atoms. The lowest BCUT2D eigenvalue weighted by molar-refractivity contribution is -0.125. The number of likely N-dealkylation sites (tertiary alicyclic amines) is 1. The van der Waals surface area contributed by atoms with Crippen LogP contribution in [0.4, 0.5) is 5.69 Å². The Labute approximate surface area is 158 Å². The molecule has 6 nitrogen and oxygen atoms in total. The van der Waals surface area contributed by atoms with Gasteiger partial charge in [0, 0.05) is 37.0 Å². The molecule has 0 aliphatic carbocycles. The van der Waals surface area contributed by atoms with Crippen LogP contribution in [0.2, 0.25) is 0 Å². The Morgan fingerprint density at radius 2 is 1.74 bits per heavy atom. The Bertz CT molecular complexity index is 836. The Balaban J connectivity index is 1.70. The minimum Gasteiger partial charge on any atom is -0.359 e. The predicted molar refractivity (Wildman–Crippen MR) is 104 cm³/mol. The lowest BCUT2D eigenvalue weighted by Crippen LogP contribution is -2.44. The molecule has 1 aliphatic rings. The molecule has 1 heterocycles. The van der Waals surface area contributed by atoms with E-state index in [-0.39, 0.29) is 23.6 Å². The maximum atomic E-state index is 12.8. The molecule has 2 aromatic rings. The van der Waals surface area contributed by atoms with E-state index in [0.29, 0.717) is 29.9 Å². The zero-order chi connectivity index (χ0) is 19.2. The van der Waals surface area contributed by atoms with Gasteiger partial charge in [-0.3, -0.25) is 14.4 Å². The first-order chi connectivity index (χ1) is 13.1. The Kier molecular flexibility index (Phi) is 5.86. The number of carbonyl (C=O) groups is 3. The highest BCUT2D eigenvalue weighted by Gasteiger charge is 2.28. The quantitative estimate of drug-likeness (QED) is 0.874. The van der Waals surface area contributed by atoms with Gasteiger partial charge in [0.15, 0.2) is 0 Å². The van der Waals surface area contributed by atoms with Gasteiger partial charge in [-0.2, -0.15) is 0 Å². The van der Waals surface area contributed by atoms with Gasteiger partial charge in [-0.1, -0.05) is 24.3 Å². The van der Waals surface area contributed by atoms with Crippen LogP contribution in [0.25, 0.3) is 0 Å². The zero-order valence-electron chi connectivity index (χ0n) is 15.3. The van der Waals surface area contributed by atoms with E-state index in [1.165, 1.54) is 0 Å². The topological polar surface area (TPSA) is 78.5 Å². The van der Waals surface area contributed by atoms with Gasteiger partial charge in [-0.25, -0.2) is 0 Å². The smallest absolute Gasteiger partial charge is 0.255 e. The third-order valence-electron chi connectivity index (χ3n) is 4.73. The number of anilines is 1. The van der Waals surface area contributed by atoms with Crippen LogP contribution in [0.15, 0.2) is 54.6 Å². The first-order valence-corrected chi connectivity index (χ1v) is 9.06. The lowest BCUT2D eigenvalue weighted by Gasteiger charge is -2.32. The van der Waals surface area contributed by atoms with Crippen LogP contribution in [-0.2, 0) is 4.79 Å². The molecule has 2 aromatic carbocycles. The van der Waals surface area contributed by atoms with E-state index >= 15 is 0 Å². The number of hydrogen-bond acceptors (Lipinski definition) is 3. The van der Waals surface area contributed by atoms with Crippen molar-refractivity contribution in [3.63, 3.8) is 0 Å². The van der Waals surface area contributed by atoms with Gasteiger partial charge in [0.2, 0.25) is 5.91 Å². The van der Waals surface area contributed by atoms with Crippen molar-refractivity contribution in [1.82, 2.24) is 10.2 Å². The fraction of sp³-hybridized carbons (Fsp3) is 0.286. The standard InChI is InChI=1S/C21H23N3O3/c1-22-19(25)17-10-6-12-24(14-17)21(27)16-9-5-11-18(13-16)23-20(26)15-7-3-2-4-8-15/h2-5,7-9,11,13,17H,6,10,12,14H2,1H3,(H,22,25)(H,23,26). The molecule has 0 aromatic heterocycles. The summed E-state index contributed by atoms with van der Waals surface area (Å²) in [5.41, 5.74) is 1.62. The number of hydrogen-bond donors (Lipinski definition) is 2. The number of nitrogens with one attached hydrogen (secondary N) is 2. The summed E-state index contributed by atoms with van der Waals surface area (Å²) in [5, 5.41) is 5.47. The summed E-state index contributed by atoms with van der Waals surface area (Å²) < 4.78 is 0. The molecule has 2 N–H and O–H groups in total. The molecular formula is C21H23N3O3. The molecule has 1 unspecified atom stereocenters. The van der Waals surface area contributed by atoms with Crippen molar-refractivity contribution in [3.05, 3.63) is 65.7 Å². The van der Waals surface area contributed by atoms with Crippen LogP contribution in [0.1, 0.15) is 33.6 Å². The van der Waals surface area contributed by atoms with Gasteiger partial charge in [0.1, 0.15) is 0 Å². The second-order valence-electron chi connectivity index (χ2n) is 6.61. The van der Waals surface area contributed by atoms with E-state index in [2.05, 4.69) is 10.6 Å². The van der Waals surface area contributed by atoms with Gasteiger partial charge < -0.3 is 15.5 Å². The average Bonchev–Trinajstić information content (AvgIpc) is 2.73. The van der Waals surface area contributed by atoms with Crippen LogP contribution in [0.5, 0.6) is 0 Å². The highest BCUT2D eigenvalue weighted by atomic mass is 16.2. The molecule has 1 atom stereocenters. The SMILES string of the molecule is CNC(=O)C1CCCN(C(=O)c2cccc(NC(=O)c3ccccc3)c2)C1. The third-order valence-corrected chi connectivity index (χ3v) is 4.73. The van der Waals surface area contributed by atoms with E-state index in [1.807, 2.05) is 6.07 Å². The minimum atomic E-state index is -0.224. The average molecular weight is 365 g/mol. The van der Waals surface area contributed by atoms with Crippen molar-refractivity contribution in [1.29, 1.82) is 0 Å². The molecule has 0 saturated carbocycles. The lowest BCUT2D eigenvalue weighted by atomic mass is 9.96. The van der Waals surface area contributed by atoms with Crippen molar-refractivity contribution in [2.75, 3.05) is 25.5 Å². The van der Waals surface area contributed by atoms with Gasteiger partial charge in [0.25, 0.3) is 11.8 Å². The summed E-state index contributed by atoms with van der Waals surface area (Å²) in [7, 11) is 1.61. The Morgan fingerprint density at radius 3 is 2.48 bits per heavy atom. The summed E-state index contributed by atoms with van der Waals surface area (Å²) in [6, 6.07) is 15.8. The molecule has 1 fully saturated rings. The third kappa shape index (κ3) is 4.53. The van der Waals surface area contributed by atoms with Gasteiger partial charge in [-0.15, -0.1) is 0 Å². The summed E-state index contributed by atoms with van der Waals surface area (Å²) in [6.45, 7) is 1.05. The highest BCUT2D eigenvalue weighted by molar-refractivity contribution is 6.05. The predicted octanol–water partition coefficient (Wildman–Crippen LogP) is 2.54. The van der Waals surface area contributed by atoms with Gasteiger partial charge >= 0.3 is 0 Å². The molecule has 3 amide bonds. The molecule has 0 bridgehead atoms. The fourth-order valence-corrected chi connectivity index (χ4v) is 3.29. The van der Waals surface area contributed by atoms with E-state index in [9.17, 15) is 14.4 Å². The summed E-state index contributed by atoms with van der Waals surface area (Å²) in [5.74, 6) is -0.553. The second kappa shape index (κ2) is 8.49. The van der Waals surface area contributed by atoms with Crippen LogP contribution in [0.3, 0.4) is 0 Å². The number of rotatable bonds is 4. The number of nitrogens with zero attached hydrogens (tertiary/aromatic N) is 1. The maximum absolute atomic E-state index is 12.8. The zero-order valence-corrected chi connectivity index (χ0v) is 15.3. The normalized spacial score (nSPS) is 16.5. The van der Waals surface area contributed by atoms with E-state index in [4.69, 9.17) is 0 Å². The monoisotopic (exact) mass is 365 g/mol. The van der Waals surface area contributed by atoms with Crippen LogP contribution < -0.4 is 10.6 Å². The summed E-state index contributed by atoms with van der Waals surface area (Å²) in [6.07, 6.45) is 1.59. The first kappa shape index (κ1) is 18.6. The number of benzene rings is 2. The Hall–Kier alpha value is -3.15. The van der Waals surface area contributed by atoms with Crippen molar-refractivity contribution < 1.29 is 14.4 Å². The second-order valence-corrected chi connectivity index (χ2v) is 6.61. The van der Waals surface area contributed by atoms with Crippen molar-refractivity contribution in [2.24, 2.45) is 5.92 Å². The van der Waals surface area contributed by atoms with Gasteiger partial charge in [-0.05, 0) is 43.2 Å². The van der Waals surface area contributed by atoms with Crippen LogP contribution in [0, 0.1) is 5.92 Å². The summed E-state index contributed by atoms with van der Waals surface area (Å²) >= 11 is 0. The number of piperidine rings is 1. The first-order valence-electron chi connectivity index (χ1n) is 9.06. The molecule has 1 saturated heterocycles. The van der Waals surface area contributed by atoms with Crippen LogP contribution >= 0.6 is 0 Å². The molecule has 6 heteroatoms. The highest BCUT2D eigenvalue weighted by Crippen LogP contribution is 2.20. The maximum Gasteiger partial charge on any atom is 0.255 e. The molecule has 3 rings (SSSR count). The Morgan fingerprint density at radius 1 is 1.00 bits per heavy atom. The van der Waals surface area contributed by atoms with Crippen molar-refractivity contribution >= 4 is 23.4 Å². The molecule has 0 radical (unpaired) electrons. The molecule has 140 valence electrons. The number of carbonyl (C=O) groups excluding carboxylic acids is 3. The molecule has 1 aliphatic heterocycles. The van der Waals surface area contributed by atoms with Gasteiger partial charge in [0.05, 0.1) is 5.92 Å². The van der Waals surface area contributed by atoms with E-state index in [1.54, 1.807) is 60.5 Å². The molecule has 0 spiro atoms.